The molecule has 1 aromatic heterocycles. The highest BCUT2D eigenvalue weighted by Gasteiger charge is 2.13. The van der Waals surface area contributed by atoms with Crippen molar-refractivity contribution >= 4 is 12.1 Å². The molecule has 0 fully saturated rings. The first kappa shape index (κ1) is 11.7. The molecule has 0 aliphatic rings. The molecular formula is C10H17N3O2. The van der Waals surface area contributed by atoms with Gasteiger partial charge >= 0.3 is 0 Å². The summed E-state index contributed by atoms with van der Waals surface area (Å²) in [5, 5.41) is 4.10. The van der Waals surface area contributed by atoms with Crippen LogP contribution < -0.4 is 5.73 Å². The topological polar surface area (TPSA) is 70.1 Å². The van der Waals surface area contributed by atoms with E-state index in [1.165, 1.54) is 0 Å². The van der Waals surface area contributed by atoms with E-state index < -0.39 is 0 Å². The van der Waals surface area contributed by atoms with Crippen LogP contribution in [0.15, 0.2) is 6.20 Å². The second kappa shape index (κ2) is 5.50. The van der Waals surface area contributed by atoms with Gasteiger partial charge in [0.05, 0.1) is 18.2 Å². The summed E-state index contributed by atoms with van der Waals surface area (Å²) >= 11 is 0. The van der Waals surface area contributed by atoms with Crippen molar-refractivity contribution in [2.24, 2.45) is 0 Å². The number of methoxy groups -OCH3 is 1. The minimum absolute atomic E-state index is 0.149. The Morgan fingerprint density at radius 1 is 1.73 bits per heavy atom. The third-order valence-corrected chi connectivity index (χ3v) is 2.27. The summed E-state index contributed by atoms with van der Waals surface area (Å²) < 4.78 is 6.82. The van der Waals surface area contributed by atoms with Gasteiger partial charge in [0.15, 0.2) is 12.1 Å². The highest BCUT2D eigenvalue weighted by Crippen LogP contribution is 2.16. The van der Waals surface area contributed by atoms with Crippen LogP contribution in [0.3, 0.4) is 0 Å². The smallest absolute Gasteiger partial charge is 0.156 e. The van der Waals surface area contributed by atoms with Gasteiger partial charge in [-0.2, -0.15) is 5.10 Å². The van der Waals surface area contributed by atoms with Crippen LogP contribution in [0.5, 0.6) is 0 Å². The number of hydrogen-bond donors (Lipinski definition) is 1. The largest absolute Gasteiger partial charge is 0.382 e. The molecule has 0 spiro atoms. The average molecular weight is 211 g/mol. The minimum Gasteiger partial charge on any atom is -0.382 e. The minimum atomic E-state index is 0.149. The lowest BCUT2D eigenvalue weighted by Gasteiger charge is -2.15. The van der Waals surface area contributed by atoms with Crippen molar-refractivity contribution in [1.29, 1.82) is 0 Å². The van der Waals surface area contributed by atoms with Gasteiger partial charge in [0, 0.05) is 13.3 Å². The molecule has 5 nitrogen and oxygen atoms in total. The van der Waals surface area contributed by atoms with Gasteiger partial charge in [-0.05, 0) is 6.42 Å². The SMILES string of the molecule is CCCC(COC)n1cc(C=O)c(N)n1. The summed E-state index contributed by atoms with van der Waals surface area (Å²) in [7, 11) is 1.65. The van der Waals surface area contributed by atoms with Crippen molar-refractivity contribution < 1.29 is 9.53 Å². The second-order valence-electron chi connectivity index (χ2n) is 3.47. The molecule has 0 saturated carbocycles. The van der Waals surface area contributed by atoms with E-state index in [1.807, 2.05) is 0 Å². The van der Waals surface area contributed by atoms with E-state index >= 15 is 0 Å². The summed E-state index contributed by atoms with van der Waals surface area (Å²) in [5.41, 5.74) is 6.02. The summed E-state index contributed by atoms with van der Waals surface area (Å²) in [6.07, 6.45) is 4.37. The summed E-state index contributed by atoms with van der Waals surface area (Å²) in [4.78, 5) is 10.6. The molecular weight excluding hydrogens is 194 g/mol. The van der Waals surface area contributed by atoms with E-state index in [4.69, 9.17) is 10.5 Å². The van der Waals surface area contributed by atoms with Crippen LogP contribution >= 0.6 is 0 Å². The van der Waals surface area contributed by atoms with Gasteiger partial charge in [-0.1, -0.05) is 13.3 Å². The highest BCUT2D eigenvalue weighted by molar-refractivity contribution is 5.81. The molecule has 0 amide bonds. The van der Waals surface area contributed by atoms with Gasteiger partial charge in [0.25, 0.3) is 0 Å². The summed E-state index contributed by atoms with van der Waals surface area (Å²) in [6.45, 7) is 2.67. The Morgan fingerprint density at radius 2 is 2.47 bits per heavy atom. The maximum Gasteiger partial charge on any atom is 0.156 e. The number of aromatic nitrogens is 2. The fraction of sp³-hybridized carbons (Fsp3) is 0.600. The molecule has 15 heavy (non-hydrogen) atoms. The third-order valence-electron chi connectivity index (χ3n) is 2.27. The van der Waals surface area contributed by atoms with E-state index in [0.29, 0.717) is 18.5 Å². The lowest BCUT2D eigenvalue weighted by atomic mass is 10.2. The van der Waals surface area contributed by atoms with E-state index in [0.717, 1.165) is 12.8 Å². The van der Waals surface area contributed by atoms with Crippen molar-refractivity contribution in [1.82, 2.24) is 9.78 Å². The van der Waals surface area contributed by atoms with Crippen molar-refractivity contribution in [3.63, 3.8) is 0 Å². The highest BCUT2D eigenvalue weighted by atomic mass is 16.5. The number of hydrogen-bond acceptors (Lipinski definition) is 4. The first-order valence-electron chi connectivity index (χ1n) is 5.01. The van der Waals surface area contributed by atoms with Crippen LogP contribution in [0.25, 0.3) is 0 Å². The predicted octanol–water partition coefficient (Wildman–Crippen LogP) is 1.27. The Hall–Kier alpha value is -1.36. The Bertz CT molecular complexity index is 316. The number of nitrogens with zero attached hydrogens (tertiary/aromatic N) is 2. The van der Waals surface area contributed by atoms with Crippen LogP contribution in [0.2, 0.25) is 0 Å². The summed E-state index contributed by atoms with van der Waals surface area (Å²) in [6, 6.07) is 0.149. The van der Waals surface area contributed by atoms with Crippen molar-refractivity contribution in [2.45, 2.75) is 25.8 Å². The fourth-order valence-corrected chi connectivity index (χ4v) is 1.52. The molecule has 5 heteroatoms. The molecule has 0 saturated heterocycles. The van der Waals surface area contributed by atoms with Crippen LogP contribution in [0, 0.1) is 0 Å². The van der Waals surface area contributed by atoms with Crippen LogP contribution in [0.4, 0.5) is 5.82 Å². The zero-order valence-electron chi connectivity index (χ0n) is 9.14. The number of carbonyl (C=O) groups is 1. The predicted molar refractivity (Wildman–Crippen MR) is 57.8 cm³/mol. The number of anilines is 1. The van der Waals surface area contributed by atoms with Crippen molar-refractivity contribution in [3.8, 4) is 0 Å². The zero-order valence-corrected chi connectivity index (χ0v) is 9.14. The maximum absolute atomic E-state index is 10.6. The molecule has 1 atom stereocenters. The monoisotopic (exact) mass is 211 g/mol. The first-order chi connectivity index (χ1) is 7.22. The fourth-order valence-electron chi connectivity index (χ4n) is 1.52. The van der Waals surface area contributed by atoms with Crippen LogP contribution in [-0.2, 0) is 4.74 Å². The van der Waals surface area contributed by atoms with E-state index in [9.17, 15) is 4.79 Å². The average Bonchev–Trinajstić information content (AvgIpc) is 2.59. The third kappa shape index (κ3) is 2.79. The lowest BCUT2D eigenvalue weighted by Crippen LogP contribution is -2.15. The molecule has 0 aliphatic heterocycles. The van der Waals surface area contributed by atoms with Crippen molar-refractivity contribution in [3.05, 3.63) is 11.8 Å². The molecule has 0 radical (unpaired) electrons. The van der Waals surface area contributed by atoms with Gasteiger partial charge in [0.2, 0.25) is 0 Å². The number of ether oxygens (including phenoxy) is 1. The Morgan fingerprint density at radius 3 is 2.93 bits per heavy atom. The molecule has 0 aliphatic carbocycles. The Labute approximate surface area is 89.2 Å². The molecule has 84 valence electrons. The molecule has 2 N–H and O–H groups in total. The summed E-state index contributed by atoms with van der Waals surface area (Å²) in [5.74, 6) is 0.280. The lowest BCUT2D eigenvalue weighted by molar-refractivity contribution is 0.112. The van der Waals surface area contributed by atoms with E-state index in [1.54, 1.807) is 18.0 Å². The molecule has 1 rings (SSSR count). The second-order valence-corrected chi connectivity index (χ2v) is 3.47. The molecule has 0 aromatic carbocycles. The van der Waals surface area contributed by atoms with Gasteiger partial charge in [-0.25, -0.2) is 0 Å². The zero-order chi connectivity index (χ0) is 11.3. The van der Waals surface area contributed by atoms with Gasteiger partial charge in [-0.15, -0.1) is 0 Å². The molecule has 1 heterocycles. The van der Waals surface area contributed by atoms with Gasteiger partial charge < -0.3 is 10.5 Å². The molecule has 1 unspecified atom stereocenters. The standard InChI is InChI=1S/C10H17N3O2/c1-3-4-9(7-15-2)13-5-8(6-14)10(11)12-13/h5-6,9H,3-4,7H2,1-2H3,(H2,11,12). The number of rotatable bonds is 6. The van der Waals surface area contributed by atoms with Gasteiger partial charge in [-0.3, -0.25) is 9.48 Å². The molecule has 0 bridgehead atoms. The first-order valence-corrected chi connectivity index (χ1v) is 5.01. The van der Waals surface area contributed by atoms with E-state index in [2.05, 4.69) is 12.0 Å². The number of nitrogens with two attached hydrogens (primary N) is 1. The Kier molecular flexibility index (Phi) is 4.30. The van der Waals surface area contributed by atoms with Crippen molar-refractivity contribution in [2.75, 3.05) is 19.5 Å². The van der Waals surface area contributed by atoms with Crippen LogP contribution in [0.1, 0.15) is 36.2 Å². The van der Waals surface area contributed by atoms with Gasteiger partial charge in [0.1, 0.15) is 0 Å². The number of aldehydes is 1. The van der Waals surface area contributed by atoms with E-state index in [-0.39, 0.29) is 11.9 Å². The Balaban J connectivity index is 2.84. The molecule has 1 aromatic rings. The quantitative estimate of drug-likeness (QED) is 0.719. The maximum atomic E-state index is 10.6. The van der Waals surface area contributed by atoms with Crippen LogP contribution in [-0.4, -0.2) is 29.8 Å². The normalized spacial score (nSPS) is 12.7. The number of carbonyl (C=O) groups excluding carboxylic acids is 1. The number of nitrogen functional groups attached to an aromatic ring is 1.